The van der Waals surface area contributed by atoms with Crippen molar-refractivity contribution >= 4 is 21.7 Å². The molecule has 0 unspecified atom stereocenters. The summed E-state index contributed by atoms with van der Waals surface area (Å²) in [5.41, 5.74) is 1.44. The average molecular weight is 408 g/mol. The molecule has 2 rings (SSSR count). The molecule has 0 radical (unpaired) electrons. The number of nitro benzene ring substituents is 1. The molecule has 0 fully saturated rings. The second-order valence-electron chi connectivity index (χ2n) is 5.88. The van der Waals surface area contributed by atoms with Crippen molar-refractivity contribution in [3.05, 3.63) is 63.7 Å². The number of nitro groups is 1. The Hall–Kier alpha value is -2.98. The predicted molar refractivity (Wildman–Crippen MR) is 100 cm³/mol. The Morgan fingerprint density at radius 2 is 1.86 bits per heavy atom. The number of aryl methyl sites for hydroxylation is 1. The van der Waals surface area contributed by atoms with Crippen molar-refractivity contribution in [3.63, 3.8) is 0 Å². The zero-order valence-corrected chi connectivity index (χ0v) is 16.2. The Labute approximate surface area is 162 Å². The summed E-state index contributed by atoms with van der Waals surface area (Å²) in [6.07, 6.45) is -0.177. The van der Waals surface area contributed by atoms with Gasteiger partial charge in [0.25, 0.3) is 0 Å². The number of nitrogens with zero attached hydrogens (tertiary/aromatic N) is 1. The fourth-order valence-corrected chi connectivity index (χ4v) is 3.32. The molecule has 0 aliphatic carbocycles. The van der Waals surface area contributed by atoms with Gasteiger partial charge in [-0.05, 0) is 24.6 Å². The van der Waals surface area contributed by atoms with E-state index in [0.29, 0.717) is 0 Å². The van der Waals surface area contributed by atoms with Gasteiger partial charge >= 0.3 is 11.7 Å². The van der Waals surface area contributed by atoms with E-state index >= 15 is 0 Å². The molecular weight excluding hydrogens is 388 g/mol. The zero-order valence-electron chi connectivity index (χ0n) is 15.4. The van der Waals surface area contributed by atoms with Crippen LogP contribution in [0.3, 0.4) is 0 Å². The maximum atomic E-state index is 12.3. The van der Waals surface area contributed by atoms with Crippen LogP contribution in [0.1, 0.15) is 17.5 Å². The third kappa shape index (κ3) is 5.76. The predicted octanol–water partition coefficient (Wildman–Crippen LogP) is 2.32. The van der Waals surface area contributed by atoms with Gasteiger partial charge < -0.3 is 9.47 Å². The SMILES string of the molecule is COc1ccc(S(=O)(=O)NCCC(=O)OCc2ccc(C)cc2)cc1[N+](=O)[O-]. The molecule has 0 saturated heterocycles. The quantitative estimate of drug-likeness (QED) is 0.383. The molecule has 0 aliphatic heterocycles. The molecule has 0 aromatic heterocycles. The monoisotopic (exact) mass is 408 g/mol. The number of carbonyl (C=O) groups excluding carboxylic acids is 1. The van der Waals surface area contributed by atoms with Gasteiger partial charge in [0, 0.05) is 12.6 Å². The van der Waals surface area contributed by atoms with Crippen LogP contribution in [0.15, 0.2) is 47.4 Å². The van der Waals surface area contributed by atoms with Gasteiger partial charge in [0.2, 0.25) is 10.0 Å². The molecule has 0 saturated carbocycles. The molecule has 0 atom stereocenters. The van der Waals surface area contributed by atoms with E-state index in [2.05, 4.69) is 4.72 Å². The lowest BCUT2D eigenvalue weighted by Gasteiger charge is -2.09. The van der Waals surface area contributed by atoms with Crippen LogP contribution >= 0.6 is 0 Å². The van der Waals surface area contributed by atoms with Gasteiger partial charge in [0.1, 0.15) is 6.61 Å². The highest BCUT2D eigenvalue weighted by Crippen LogP contribution is 2.29. The van der Waals surface area contributed by atoms with Gasteiger partial charge in [-0.3, -0.25) is 14.9 Å². The summed E-state index contributed by atoms with van der Waals surface area (Å²) < 4.78 is 36.7. The number of benzene rings is 2. The van der Waals surface area contributed by atoms with Crippen molar-refractivity contribution in [3.8, 4) is 5.75 Å². The highest BCUT2D eigenvalue weighted by Gasteiger charge is 2.22. The Morgan fingerprint density at radius 3 is 2.46 bits per heavy atom. The largest absolute Gasteiger partial charge is 0.490 e. The standard InChI is InChI=1S/C18H20N2O7S/c1-13-3-5-14(6-4-13)12-27-18(21)9-10-19-28(24,25)15-7-8-17(26-2)16(11-15)20(22)23/h3-8,11,19H,9-10,12H2,1-2H3. The summed E-state index contributed by atoms with van der Waals surface area (Å²) in [4.78, 5) is 21.8. The number of esters is 1. The van der Waals surface area contributed by atoms with Crippen molar-refractivity contribution in [2.45, 2.75) is 24.8 Å². The Kier molecular flexibility index (Phi) is 7.07. The molecule has 28 heavy (non-hydrogen) atoms. The molecule has 1 N–H and O–H groups in total. The van der Waals surface area contributed by atoms with E-state index < -0.39 is 26.6 Å². The highest BCUT2D eigenvalue weighted by molar-refractivity contribution is 7.89. The van der Waals surface area contributed by atoms with E-state index in [1.807, 2.05) is 31.2 Å². The topological polar surface area (TPSA) is 125 Å². The number of ether oxygens (including phenoxy) is 2. The molecule has 2 aromatic rings. The third-order valence-electron chi connectivity index (χ3n) is 3.80. The lowest BCUT2D eigenvalue weighted by atomic mass is 10.2. The van der Waals surface area contributed by atoms with Crippen LogP contribution in [0, 0.1) is 17.0 Å². The summed E-state index contributed by atoms with van der Waals surface area (Å²) in [6, 6.07) is 10.7. The maximum Gasteiger partial charge on any atom is 0.312 e. The van der Waals surface area contributed by atoms with Crippen molar-refractivity contribution < 1.29 is 27.6 Å². The van der Waals surface area contributed by atoms with Crippen LogP contribution in [0.4, 0.5) is 5.69 Å². The van der Waals surface area contributed by atoms with E-state index in [1.165, 1.54) is 19.2 Å². The molecule has 0 heterocycles. The van der Waals surface area contributed by atoms with E-state index in [-0.39, 0.29) is 30.2 Å². The number of hydrogen-bond acceptors (Lipinski definition) is 7. The van der Waals surface area contributed by atoms with Crippen molar-refractivity contribution in [1.82, 2.24) is 4.72 Å². The Balaban J connectivity index is 1.90. The minimum Gasteiger partial charge on any atom is -0.490 e. The van der Waals surface area contributed by atoms with E-state index in [0.717, 1.165) is 17.2 Å². The third-order valence-corrected chi connectivity index (χ3v) is 5.26. The summed E-state index contributed by atoms with van der Waals surface area (Å²) in [5.74, 6) is -0.618. The van der Waals surface area contributed by atoms with Gasteiger partial charge in [0.05, 0.1) is 23.3 Å². The normalized spacial score (nSPS) is 11.1. The number of nitrogens with one attached hydrogen (secondary N) is 1. The van der Waals surface area contributed by atoms with Crippen LogP contribution in [0.5, 0.6) is 5.75 Å². The van der Waals surface area contributed by atoms with Gasteiger partial charge in [-0.25, -0.2) is 13.1 Å². The number of hydrogen-bond donors (Lipinski definition) is 1. The van der Waals surface area contributed by atoms with E-state index in [9.17, 15) is 23.3 Å². The minimum atomic E-state index is -4.03. The summed E-state index contributed by atoms with van der Waals surface area (Å²) in [5, 5.41) is 11.0. The molecule has 0 amide bonds. The second-order valence-corrected chi connectivity index (χ2v) is 7.65. The van der Waals surface area contributed by atoms with Crippen LogP contribution in [0.2, 0.25) is 0 Å². The molecule has 0 aliphatic rings. The molecule has 9 nitrogen and oxygen atoms in total. The molecule has 0 spiro atoms. The van der Waals surface area contributed by atoms with E-state index in [1.54, 1.807) is 0 Å². The fraction of sp³-hybridized carbons (Fsp3) is 0.278. The van der Waals surface area contributed by atoms with Gasteiger partial charge in [-0.15, -0.1) is 0 Å². The lowest BCUT2D eigenvalue weighted by Crippen LogP contribution is -2.26. The number of methoxy groups -OCH3 is 1. The first-order chi connectivity index (χ1) is 13.2. The maximum absolute atomic E-state index is 12.3. The summed E-state index contributed by atoms with van der Waals surface area (Å²) >= 11 is 0. The van der Waals surface area contributed by atoms with Gasteiger partial charge in [-0.1, -0.05) is 29.8 Å². The first-order valence-corrected chi connectivity index (χ1v) is 9.74. The van der Waals surface area contributed by atoms with E-state index in [4.69, 9.17) is 9.47 Å². The van der Waals surface area contributed by atoms with Gasteiger partial charge in [-0.2, -0.15) is 0 Å². The fourth-order valence-electron chi connectivity index (χ4n) is 2.27. The van der Waals surface area contributed by atoms with Crippen molar-refractivity contribution in [1.29, 1.82) is 0 Å². The number of carbonyl (C=O) groups is 1. The minimum absolute atomic E-state index is 0.0522. The van der Waals surface area contributed by atoms with Crippen LogP contribution in [0.25, 0.3) is 0 Å². The van der Waals surface area contributed by atoms with Crippen molar-refractivity contribution in [2.24, 2.45) is 0 Å². The number of sulfonamides is 1. The summed E-state index contributed by atoms with van der Waals surface area (Å²) in [6.45, 7) is 1.84. The molecular formula is C18H20N2O7S. The lowest BCUT2D eigenvalue weighted by molar-refractivity contribution is -0.386. The average Bonchev–Trinajstić information content (AvgIpc) is 2.66. The smallest absolute Gasteiger partial charge is 0.312 e. The first-order valence-electron chi connectivity index (χ1n) is 8.26. The first kappa shape index (κ1) is 21.3. The Morgan fingerprint density at radius 1 is 1.18 bits per heavy atom. The second kappa shape index (κ2) is 9.29. The van der Waals surface area contributed by atoms with Crippen LogP contribution < -0.4 is 9.46 Å². The van der Waals surface area contributed by atoms with Crippen LogP contribution in [-0.2, 0) is 26.2 Å². The van der Waals surface area contributed by atoms with Gasteiger partial charge in [0.15, 0.2) is 5.75 Å². The molecule has 2 aromatic carbocycles. The molecule has 0 bridgehead atoms. The Bertz CT molecular complexity index is 956. The highest BCUT2D eigenvalue weighted by atomic mass is 32.2. The zero-order chi connectivity index (χ0) is 20.7. The number of rotatable bonds is 9. The molecule has 10 heteroatoms. The molecule has 150 valence electrons. The summed E-state index contributed by atoms with van der Waals surface area (Å²) in [7, 11) is -2.78. The van der Waals surface area contributed by atoms with Crippen molar-refractivity contribution in [2.75, 3.05) is 13.7 Å². The van der Waals surface area contributed by atoms with Crippen LogP contribution in [-0.4, -0.2) is 33.0 Å².